The van der Waals surface area contributed by atoms with Crippen molar-refractivity contribution in [1.29, 1.82) is 0 Å². The van der Waals surface area contributed by atoms with Gasteiger partial charge in [0, 0.05) is 18.2 Å². The minimum Gasteiger partial charge on any atom is -0.375 e. The molecule has 0 bridgehead atoms. The molecule has 2 aliphatic rings. The molecule has 0 amide bonds. The molecule has 13 heavy (non-hydrogen) atoms. The molecular weight excluding hydrogens is 188 g/mol. The van der Waals surface area contributed by atoms with E-state index in [2.05, 4.69) is 9.55 Å². The predicted molar refractivity (Wildman–Crippen MR) is 51.1 cm³/mol. The number of ether oxygens (including phenoxy) is 1. The summed E-state index contributed by atoms with van der Waals surface area (Å²) in [6.45, 7) is 1.58. The molecule has 0 atom stereocenters. The molecule has 1 fully saturated rings. The normalized spacial score (nSPS) is 20.6. The van der Waals surface area contributed by atoms with Gasteiger partial charge in [0.1, 0.15) is 0 Å². The fourth-order valence-corrected chi connectivity index (χ4v) is 1.82. The van der Waals surface area contributed by atoms with Crippen LogP contribution in [0.25, 0.3) is 0 Å². The van der Waals surface area contributed by atoms with E-state index in [1.807, 2.05) is 6.33 Å². The molecule has 1 aromatic rings. The number of hydrogen-bond donors (Lipinski definition) is 0. The van der Waals surface area contributed by atoms with Crippen LogP contribution in [0.3, 0.4) is 0 Å². The molecule has 3 nitrogen and oxygen atoms in total. The summed E-state index contributed by atoms with van der Waals surface area (Å²) < 4.78 is 7.68. The van der Waals surface area contributed by atoms with Crippen molar-refractivity contribution in [3.05, 3.63) is 17.7 Å². The van der Waals surface area contributed by atoms with Crippen LogP contribution >= 0.6 is 12.4 Å². The Hall–Kier alpha value is -0.540. The molecule has 0 N–H and O–H groups in total. The summed E-state index contributed by atoms with van der Waals surface area (Å²) in [5.41, 5.74) is 2.58. The number of imidazole rings is 1. The first-order chi connectivity index (χ1) is 5.95. The first-order valence-corrected chi connectivity index (χ1v) is 4.57. The summed E-state index contributed by atoms with van der Waals surface area (Å²) in [4.78, 5) is 4.36. The fourth-order valence-electron chi connectivity index (χ4n) is 1.82. The van der Waals surface area contributed by atoms with Gasteiger partial charge in [0.25, 0.3) is 0 Å². The molecule has 1 saturated carbocycles. The lowest BCUT2D eigenvalue weighted by Crippen LogP contribution is -2.12. The van der Waals surface area contributed by atoms with E-state index >= 15 is 0 Å². The molecule has 0 spiro atoms. The van der Waals surface area contributed by atoms with Gasteiger partial charge in [0.2, 0.25) is 0 Å². The fraction of sp³-hybridized carbons (Fsp3) is 0.667. The summed E-state index contributed by atoms with van der Waals surface area (Å²) in [5.74, 6) is 0. The highest BCUT2D eigenvalue weighted by Crippen LogP contribution is 2.37. The van der Waals surface area contributed by atoms with Gasteiger partial charge in [-0.2, -0.15) is 0 Å². The molecule has 0 unspecified atom stereocenters. The van der Waals surface area contributed by atoms with Gasteiger partial charge in [-0.1, -0.05) is 0 Å². The summed E-state index contributed by atoms with van der Waals surface area (Å²) in [6, 6.07) is 0.763. The number of hydrogen-bond acceptors (Lipinski definition) is 2. The molecule has 72 valence electrons. The maximum absolute atomic E-state index is 5.33. The number of fused-ring (bicyclic) bond motifs is 1. The first-order valence-electron chi connectivity index (χ1n) is 4.57. The number of nitrogens with zero attached hydrogens (tertiary/aromatic N) is 2. The van der Waals surface area contributed by atoms with E-state index in [4.69, 9.17) is 4.74 Å². The van der Waals surface area contributed by atoms with E-state index in [1.54, 1.807) is 0 Å². The molecule has 1 aliphatic carbocycles. The molecule has 2 heterocycles. The second kappa shape index (κ2) is 3.31. The molecule has 1 aliphatic heterocycles. The van der Waals surface area contributed by atoms with E-state index in [0.717, 1.165) is 31.4 Å². The second-order valence-corrected chi connectivity index (χ2v) is 3.58. The van der Waals surface area contributed by atoms with Crippen LogP contribution in [0.2, 0.25) is 0 Å². The lowest BCUT2D eigenvalue weighted by Gasteiger charge is -2.13. The zero-order valence-corrected chi connectivity index (χ0v) is 8.22. The Morgan fingerprint density at radius 1 is 1.46 bits per heavy atom. The Morgan fingerprint density at radius 3 is 3.08 bits per heavy atom. The van der Waals surface area contributed by atoms with Crippen LogP contribution in [0.15, 0.2) is 6.33 Å². The molecule has 1 aromatic heterocycles. The van der Waals surface area contributed by atoms with Gasteiger partial charge >= 0.3 is 0 Å². The van der Waals surface area contributed by atoms with Gasteiger partial charge in [-0.25, -0.2) is 4.98 Å². The Labute approximate surface area is 83.5 Å². The topological polar surface area (TPSA) is 27.1 Å². The molecule has 4 heteroatoms. The van der Waals surface area contributed by atoms with E-state index in [0.29, 0.717) is 0 Å². The van der Waals surface area contributed by atoms with Crippen molar-refractivity contribution >= 4 is 12.4 Å². The van der Waals surface area contributed by atoms with Crippen molar-refractivity contribution < 1.29 is 4.74 Å². The maximum Gasteiger partial charge on any atom is 0.0955 e. The van der Waals surface area contributed by atoms with Crippen molar-refractivity contribution in [3.8, 4) is 0 Å². The lowest BCUT2D eigenvalue weighted by molar-refractivity contribution is 0.106. The summed E-state index contributed by atoms with van der Waals surface area (Å²) in [6.07, 6.45) is 5.70. The van der Waals surface area contributed by atoms with Crippen molar-refractivity contribution in [2.45, 2.75) is 31.9 Å². The Kier molecular flexibility index (Phi) is 2.30. The molecule has 3 rings (SSSR count). The average Bonchev–Trinajstić information content (AvgIpc) is 2.86. The van der Waals surface area contributed by atoms with Gasteiger partial charge in [-0.15, -0.1) is 12.4 Å². The quantitative estimate of drug-likeness (QED) is 0.690. The van der Waals surface area contributed by atoms with Gasteiger partial charge < -0.3 is 9.30 Å². The first kappa shape index (κ1) is 9.03. The van der Waals surface area contributed by atoms with E-state index in [1.165, 1.54) is 18.5 Å². The standard InChI is InChI=1S/C9H12N2O.ClH/c1-2-7(1)11-6-10-8-5-12-4-3-9(8)11;/h6-7H,1-5H2;1H. The average molecular weight is 201 g/mol. The number of halogens is 1. The third-order valence-electron chi connectivity index (χ3n) is 2.65. The largest absolute Gasteiger partial charge is 0.375 e. The van der Waals surface area contributed by atoms with E-state index in [-0.39, 0.29) is 12.4 Å². The molecule has 0 aromatic carbocycles. The van der Waals surface area contributed by atoms with Crippen molar-refractivity contribution in [2.75, 3.05) is 6.61 Å². The number of rotatable bonds is 1. The lowest BCUT2D eigenvalue weighted by atomic mass is 10.2. The SMILES string of the molecule is Cl.c1nc2c(n1C1CC1)CCOC2. The third-order valence-corrected chi connectivity index (χ3v) is 2.65. The minimum atomic E-state index is 0. The van der Waals surface area contributed by atoms with Crippen molar-refractivity contribution in [2.24, 2.45) is 0 Å². The minimum absolute atomic E-state index is 0. The van der Waals surface area contributed by atoms with Crippen LogP contribution in [-0.2, 0) is 17.8 Å². The molecule has 0 radical (unpaired) electrons. The Morgan fingerprint density at radius 2 is 2.31 bits per heavy atom. The maximum atomic E-state index is 5.33. The highest BCUT2D eigenvalue weighted by atomic mass is 35.5. The zero-order chi connectivity index (χ0) is 7.97. The van der Waals surface area contributed by atoms with Crippen LogP contribution in [0.5, 0.6) is 0 Å². The third kappa shape index (κ3) is 1.46. The van der Waals surface area contributed by atoms with Crippen LogP contribution in [0.4, 0.5) is 0 Å². The highest BCUT2D eigenvalue weighted by molar-refractivity contribution is 5.85. The van der Waals surface area contributed by atoms with E-state index in [9.17, 15) is 0 Å². The summed E-state index contributed by atoms with van der Waals surface area (Å²) >= 11 is 0. The van der Waals surface area contributed by atoms with Crippen molar-refractivity contribution in [3.63, 3.8) is 0 Å². The zero-order valence-electron chi connectivity index (χ0n) is 7.40. The van der Waals surface area contributed by atoms with Crippen molar-refractivity contribution in [1.82, 2.24) is 9.55 Å². The number of aromatic nitrogens is 2. The van der Waals surface area contributed by atoms with E-state index < -0.39 is 0 Å². The van der Waals surface area contributed by atoms with Crippen LogP contribution in [0.1, 0.15) is 30.3 Å². The highest BCUT2D eigenvalue weighted by Gasteiger charge is 2.27. The molecular formula is C9H13ClN2O. The summed E-state index contributed by atoms with van der Waals surface area (Å²) in [5, 5.41) is 0. The van der Waals surface area contributed by atoms with Crippen LogP contribution in [0, 0.1) is 0 Å². The second-order valence-electron chi connectivity index (χ2n) is 3.58. The predicted octanol–water partition coefficient (Wildman–Crippen LogP) is 1.71. The smallest absolute Gasteiger partial charge is 0.0955 e. The van der Waals surface area contributed by atoms with Gasteiger partial charge in [0.05, 0.1) is 25.2 Å². The van der Waals surface area contributed by atoms with Gasteiger partial charge in [0.15, 0.2) is 0 Å². The Bertz CT molecular complexity index is 307. The van der Waals surface area contributed by atoms with Crippen LogP contribution in [-0.4, -0.2) is 16.2 Å². The monoisotopic (exact) mass is 200 g/mol. The Balaban J connectivity index is 0.000000653. The van der Waals surface area contributed by atoms with Gasteiger partial charge in [-0.05, 0) is 12.8 Å². The molecule has 0 saturated heterocycles. The summed E-state index contributed by atoms with van der Waals surface area (Å²) in [7, 11) is 0. The van der Waals surface area contributed by atoms with Crippen LogP contribution < -0.4 is 0 Å². The van der Waals surface area contributed by atoms with Gasteiger partial charge in [-0.3, -0.25) is 0 Å².